The normalized spacial score (nSPS) is 15.3. The molecule has 1 heterocycles. The molecule has 1 aliphatic rings. The topological polar surface area (TPSA) is 249 Å². The van der Waals surface area contributed by atoms with Crippen molar-refractivity contribution in [1.82, 2.24) is 0 Å². The zero-order chi connectivity index (χ0) is 45.5. The number of carbonyl (C=O) groups is 5. The number of carboxylic acid groups (broad SMARTS) is 1. The van der Waals surface area contributed by atoms with Crippen LogP contribution in [0.1, 0.15) is 108 Å². The number of rotatable bonds is 25. The Kier molecular flexibility index (Phi) is 32.6. The highest BCUT2D eigenvalue weighted by Gasteiger charge is 2.42. The summed E-state index contributed by atoms with van der Waals surface area (Å²) in [5.41, 5.74) is -3.33. The van der Waals surface area contributed by atoms with Gasteiger partial charge in [-0.05, 0) is 94.9 Å². The Morgan fingerprint density at radius 1 is 0.586 bits per heavy atom. The van der Waals surface area contributed by atoms with Crippen molar-refractivity contribution in [1.29, 1.82) is 0 Å². The van der Waals surface area contributed by atoms with Gasteiger partial charge in [0.1, 0.15) is 26.4 Å². The van der Waals surface area contributed by atoms with Gasteiger partial charge in [0.25, 0.3) is 5.97 Å². The van der Waals surface area contributed by atoms with E-state index >= 15 is 0 Å². The number of carbonyl (C=O) groups excluding carboxylic acids is 4. The summed E-state index contributed by atoms with van der Waals surface area (Å²) in [7, 11) is 3.07. The van der Waals surface area contributed by atoms with Crippen LogP contribution in [0.3, 0.4) is 0 Å². The smallest absolute Gasteiger partial charge is 0.311 e. The van der Waals surface area contributed by atoms with Gasteiger partial charge < -0.3 is 63.1 Å². The molecular formula is C40H76O18. The molecule has 1 fully saturated rings. The summed E-state index contributed by atoms with van der Waals surface area (Å²) in [6, 6.07) is 0. The molecule has 4 N–H and O–H groups in total. The molecule has 18 nitrogen and oxygen atoms in total. The van der Waals surface area contributed by atoms with Crippen molar-refractivity contribution in [3.05, 3.63) is 0 Å². The highest BCUT2D eigenvalue weighted by molar-refractivity contribution is 5.81. The number of methoxy groups -OCH3 is 2. The third-order valence-electron chi connectivity index (χ3n) is 7.84. The maximum absolute atomic E-state index is 12.5. The third-order valence-corrected chi connectivity index (χ3v) is 7.84. The standard InChI is InChI=1S/C20H36O8.C14H26O6.C4H8O3.C2H6O/c1-7-26-20(9-8-10-27-20)28-14-13-25-17(22)19(4,5)15-18(2,3)16(21)24-12-11-23-6;1-13(2,11(16)19-7-6-15)10-14(3,4)12(17)20-9-8-18-5;5-3-1-2-4(6)7;1-2-3/h7-15H2,1-6H3;15H,6-10H2,1-5H3;5H,1-3H2,(H,6,7);3H,2H2,1H3. The predicted octanol–water partition coefficient (Wildman–Crippen LogP) is 3.68. The van der Waals surface area contributed by atoms with Crippen LogP contribution in [0.2, 0.25) is 0 Å². The van der Waals surface area contributed by atoms with E-state index in [0.717, 1.165) is 6.42 Å². The maximum Gasteiger partial charge on any atom is 0.311 e. The lowest BCUT2D eigenvalue weighted by Gasteiger charge is -2.32. The van der Waals surface area contributed by atoms with Crippen molar-refractivity contribution in [2.24, 2.45) is 21.7 Å². The molecule has 58 heavy (non-hydrogen) atoms. The maximum atomic E-state index is 12.5. The van der Waals surface area contributed by atoms with Crippen molar-refractivity contribution in [3.63, 3.8) is 0 Å². The van der Waals surface area contributed by atoms with E-state index in [1.807, 2.05) is 6.92 Å². The van der Waals surface area contributed by atoms with Crippen LogP contribution in [0, 0.1) is 21.7 Å². The number of ether oxygens (including phenoxy) is 9. The minimum Gasteiger partial charge on any atom is -0.481 e. The van der Waals surface area contributed by atoms with E-state index in [1.165, 1.54) is 14.2 Å². The van der Waals surface area contributed by atoms with Gasteiger partial charge in [0.05, 0.1) is 54.7 Å². The second kappa shape index (κ2) is 31.9. The van der Waals surface area contributed by atoms with Crippen molar-refractivity contribution in [2.45, 2.75) is 114 Å². The van der Waals surface area contributed by atoms with E-state index in [1.54, 1.807) is 62.3 Å². The van der Waals surface area contributed by atoms with Crippen molar-refractivity contribution < 1.29 is 87.0 Å². The Morgan fingerprint density at radius 2 is 0.966 bits per heavy atom. The van der Waals surface area contributed by atoms with Gasteiger partial charge in [-0.2, -0.15) is 0 Å². The molecule has 0 radical (unpaired) electrons. The van der Waals surface area contributed by atoms with Crippen molar-refractivity contribution in [3.8, 4) is 0 Å². The Morgan fingerprint density at radius 3 is 1.24 bits per heavy atom. The van der Waals surface area contributed by atoms with Gasteiger partial charge in [0.15, 0.2) is 0 Å². The molecule has 344 valence electrons. The molecule has 0 aromatic heterocycles. The second-order valence-electron chi connectivity index (χ2n) is 15.6. The first-order chi connectivity index (χ1) is 26.9. The number of aliphatic hydroxyl groups excluding tert-OH is 3. The summed E-state index contributed by atoms with van der Waals surface area (Å²) in [6.07, 6.45) is 2.52. The number of hydrogen-bond donors (Lipinski definition) is 4. The van der Waals surface area contributed by atoms with Crippen LogP contribution >= 0.6 is 0 Å². The number of hydrogen-bond acceptors (Lipinski definition) is 17. The third kappa shape index (κ3) is 27.7. The molecular weight excluding hydrogens is 768 g/mol. The van der Waals surface area contributed by atoms with Crippen LogP contribution in [0.5, 0.6) is 0 Å². The zero-order valence-electron chi connectivity index (χ0n) is 37.2. The Labute approximate surface area is 345 Å². The summed E-state index contributed by atoms with van der Waals surface area (Å²) in [5, 5.41) is 32.2. The number of aliphatic carboxylic acids is 1. The summed E-state index contributed by atoms with van der Waals surface area (Å²) in [6.45, 7) is 19.7. The van der Waals surface area contributed by atoms with Gasteiger partial charge in [0.2, 0.25) is 0 Å². The van der Waals surface area contributed by atoms with E-state index in [9.17, 15) is 24.0 Å². The minimum absolute atomic E-state index is 0.0354. The first-order valence-corrected chi connectivity index (χ1v) is 19.6. The largest absolute Gasteiger partial charge is 0.481 e. The van der Waals surface area contributed by atoms with Crippen LogP contribution in [0.15, 0.2) is 0 Å². The van der Waals surface area contributed by atoms with E-state index in [4.69, 9.17) is 63.1 Å². The Balaban J connectivity index is -0.000000873. The van der Waals surface area contributed by atoms with Gasteiger partial charge in [0, 0.05) is 46.9 Å². The van der Waals surface area contributed by atoms with E-state index < -0.39 is 45.5 Å². The van der Waals surface area contributed by atoms with Crippen molar-refractivity contribution in [2.75, 3.05) is 93.5 Å². The fourth-order valence-electron chi connectivity index (χ4n) is 5.49. The molecule has 0 spiro atoms. The highest BCUT2D eigenvalue weighted by Crippen LogP contribution is 2.37. The van der Waals surface area contributed by atoms with Gasteiger partial charge in [-0.15, -0.1) is 0 Å². The molecule has 1 unspecified atom stereocenters. The van der Waals surface area contributed by atoms with Gasteiger partial charge in [-0.25, -0.2) is 0 Å². The lowest BCUT2D eigenvalue weighted by molar-refractivity contribution is -0.361. The summed E-state index contributed by atoms with van der Waals surface area (Å²) < 4.78 is 47.0. The molecule has 0 aromatic rings. The monoisotopic (exact) mass is 845 g/mol. The average Bonchev–Trinajstić information content (AvgIpc) is 3.60. The predicted molar refractivity (Wildman–Crippen MR) is 211 cm³/mol. The number of carboxylic acids is 1. The van der Waals surface area contributed by atoms with Crippen LogP contribution in [-0.2, 0) is 66.6 Å². The van der Waals surface area contributed by atoms with Crippen LogP contribution in [-0.4, -0.2) is 150 Å². The van der Waals surface area contributed by atoms with E-state index in [2.05, 4.69) is 0 Å². The van der Waals surface area contributed by atoms with E-state index in [-0.39, 0.29) is 84.1 Å². The molecule has 0 amide bonds. The second-order valence-corrected chi connectivity index (χ2v) is 15.6. The lowest BCUT2D eigenvalue weighted by atomic mass is 9.75. The Hall–Kier alpha value is -2.97. The van der Waals surface area contributed by atoms with Crippen LogP contribution in [0.4, 0.5) is 0 Å². The van der Waals surface area contributed by atoms with Gasteiger partial charge in [-0.3, -0.25) is 24.0 Å². The summed E-state index contributed by atoms with van der Waals surface area (Å²) >= 11 is 0. The van der Waals surface area contributed by atoms with Crippen LogP contribution < -0.4 is 0 Å². The number of aliphatic hydroxyl groups is 3. The van der Waals surface area contributed by atoms with Crippen LogP contribution in [0.25, 0.3) is 0 Å². The fraction of sp³-hybridized carbons (Fsp3) is 0.875. The summed E-state index contributed by atoms with van der Waals surface area (Å²) in [5.74, 6) is -3.46. The lowest BCUT2D eigenvalue weighted by Crippen LogP contribution is -2.39. The van der Waals surface area contributed by atoms with E-state index in [0.29, 0.717) is 39.3 Å². The Bertz CT molecular complexity index is 1130. The summed E-state index contributed by atoms with van der Waals surface area (Å²) in [4.78, 5) is 58.3. The van der Waals surface area contributed by atoms with Gasteiger partial charge in [-0.1, -0.05) is 0 Å². The highest BCUT2D eigenvalue weighted by atomic mass is 16.9. The molecule has 0 saturated carbocycles. The molecule has 1 saturated heterocycles. The fourth-order valence-corrected chi connectivity index (χ4v) is 5.49. The number of esters is 4. The zero-order valence-corrected chi connectivity index (χ0v) is 37.2. The van der Waals surface area contributed by atoms with Gasteiger partial charge >= 0.3 is 29.8 Å². The first-order valence-electron chi connectivity index (χ1n) is 19.6. The molecule has 0 aliphatic carbocycles. The molecule has 18 heteroatoms. The molecule has 0 aromatic carbocycles. The molecule has 1 atom stereocenters. The molecule has 0 bridgehead atoms. The first kappa shape index (κ1) is 59.3. The minimum atomic E-state index is -1.02. The van der Waals surface area contributed by atoms with Crippen molar-refractivity contribution >= 4 is 29.8 Å². The molecule has 1 aliphatic heterocycles. The quantitative estimate of drug-likeness (QED) is 0.0443. The molecule has 1 rings (SSSR count). The SMILES string of the molecule is CCO.CCOC1(OCCOC(=O)C(C)(C)CC(C)(C)C(=O)OCCOC)CCCO1.COCCOC(=O)C(C)(C)CC(C)(C)C(=O)OCCO.O=C(O)CCCO. The average molecular weight is 845 g/mol.